The quantitative estimate of drug-likeness (QED) is 0.287. The standard InChI is InChI=1S/C22H30O8/c1-12(14(3)24)21(26)29-18-8-16(10-23)6-5-7-17(11-28-15(4)25)9-19-20(18)13(2)22(27)30-19/h7-8,12,14,18-20,23-24H,2,5-6,9-11H2,1,3-4H3. The van der Waals surface area contributed by atoms with E-state index in [4.69, 9.17) is 14.2 Å². The van der Waals surface area contributed by atoms with E-state index < -0.39 is 48.1 Å². The number of rotatable bonds is 6. The van der Waals surface area contributed by atoms with E-state index in [0.29, 0.717) is 24.8 Å². The minimum atomic E-state index is -0.906. The van der Waals surface area contributed by atoms with Crippen molar-refractivity contribution in [2.75, 3.05) is 13.2 Å². The molecule has 1 heterocycles. The molecule has 8 nitrogen and oxygen atoms in total. The predicted octanol–water partition coefficient (Wildman–Crippen LogP) is 1.60. The maximum absolute atomic E-state index is 12.5. The molecule has 0 aromatic carbocycles. The zero-order valence-electron chi connectivity index (χ0n) is 17.6. The first kappa shape index (κ1) is 23.8. The molecule has 0 aromatic heterocycles. The van der Waals surface area contributed by atoms with Crippen LogP contribution in [0.1, 0.15) is 40.0 Å². The van der Waals surface area contributed by atoms with E-state index in [0.717, 1.165) is 5.57 Å². The first-order valence-electron chi connectivity index (χ1n) is 10.0. The monoisotopic (exact) mass is 422 g/mol. The van der Waals surface area contributed by atoms with Gasteiger partial charge in [-0.3, -0.25) is 9.59 Å². The van der Waals surface area contributed by atoms with E-state index in [-0.39, 0.29) is 18.8 Å². The fourth-order valence-electron chi connectivity index (χ4n) is 3.44. The van der Waals surface area contributed by atoms with Crippen molar-refractivity contribution in [3.05, 3.63) is 35.5 Å². The van der Waals surface area contributed by atoms with Gasteiger partial charge in [-0.25, -0.2) is 4.79 Å². The van der Waals surface area contributed by atoms with E-state index in [2.05, 4.69) is 6.58 Å². The second kappa shape index (κ2) is 10.5. The Hall–Kier alpha value is -2.45. The van der Waals surface area contributed by atoms with Crippen molar-refractivity contribution in [2.24, 2.45) is 11.8 Å². The molecular formula is C22H30O8. The van der Waals surface area contributed by atoms with Crippen LogP contribution in [0.2, 0.25) is 0 Å². The van der Waals surface area contributed by atoms with Crippen LogP contribution in [0.15, 0.2) is 35.5 Å². The highest BCUT2D eigenvalue weighted by Crippen LogP contribution is 2.37. The van der Waals surface area contributed by atoms with Crippen molar-refractivity contribution in [3.8, 4) is 0 Å². The number of esters is 3. The maximum Gasteiger partial charge on any atom is 0.334 e. The molecule has 0 spiro atoms. The molecule has 0 aromatic rings. The molecule has 0 bridgehead atoms. The number of fused-ring (bicyclic) bond motifs is 1. The lowest BCUT2D eigenvalue weighted by Crippen LogP contribution is -2.36. The molecule has 30 heavy (non-hydrogen) atoms. The summed E-state index contributed by atoms with van der Waals surface area (Å²) in [5.74, 6) is -3.06. The maximum atomic E-state index is 12.5. The van der Waals surface area contributed by atoms with Gasteiger partial charge >= 0.3 is 17.9 Å². The van der Waals surface area contributed by atoms with E-state index in [1.54, 1.807) is 13.0 Å². The molecule has 1 aliphatic heterocycles. The SMILES string of the molecule is C=C1C(=O)OC2CC(COC(C)=O)=CCCC(CO)=CC(OC(=O)C(C)C(C)O)C12. The summed E-state index contributed by atoms with van der Waals surface area (Å²) in [5, 5.41) is 19.5. The van der Waals surface area contributed by atoms with Crippen LogP contribution in [-0.4, -0.2) is 59.6 Å². The van der Waals surface area contributed by atoms with Crippen LogP contribution in [0, 0.1) is 11.8 Å². The molecule has 5 atom stereocenters. The highest BCUT2D eigenvalue weighted by atomic mass is 16.6. The number of ether oxygens (including phenoxy) is 3. The van der Waals surface area contributed by atoms with E-state index in [1.807, 2.05) is 6.08 Å². The third-order valence-corrected chi connectivity index (χ3v) is 5.45. The van der Waals surface area contributed by atoms with Crippen molar-refractivity contribution in [3.63, 3.8) is 0 Å². The molecule has 0 saturated carbocycles. The van der Waals surface area contributed by atoms with Gasteiger partial charge in [0.2, 0.25) is 0 Å². The predicted molar refractivity (Wildman–Crippen MR) is 107 cm³/mol. The Kier molecular flexibility index (Phi) is 8.37. The third kappa shape index (κ3) is 6.03. The summed E-state index contributed by atoms with van der Waals surface area (Å²) in [6, 6.07) is 0. The first-order valence-corrected chi connectivity index (χ1v) is 10.0. The van der Waals surface area contributed by atoms with Gasteiger partial charge in [0.15, 0.2) is 0 Å². The van der Waals surface area contributed by atoms with Gasteiger partial charge in [-0.2, -0.15) is 0 Å². The summed E-state index contributed by atoms with van der Waals surface area (Å²) >= 11 is 0. The average molecular weight is 422 g/mol. The molecule has 166 valence electrons. The number of carbonyl (C=O) groups is 3. The fraction of sp³-hybridized carbons (Fsp3) is 0.591. The van der Waals surface area contributed by atoms with Gasteiger partial charge in [0.25, 0.3) is 0 Å². The van der Waals surface area contributed by atoms with Crippen LogP contribution in [0.3, 0.4) is 0 Å². The van der Waals surface area contributed by atoms with Gasteiger partial charge in [-0.1, -0.05) is 12.7 Å². The Morgan fingerprint density at radius 1 is 1.33 bits per heavy atom. The summed E-state index contributed by atoms with van der Waals surface area (Å²) in [7, 11) is 0. The molecule has 1 aliphatic carbocycles. The number of hydrogen-bond donors (Lipinski definition) is 2. The van der Waals surface area contributed by atoms with Crippen molar-refractivity contribution >= 4 is 17.9 Å². The van der Waals surface area contributed by atoms with Gasteiger partial charge in [0.05, 0.1) is 24.5 Å². The van der Waals surface area contributed by atoms with Crippen LogP contribution < -0.4 is 0 Å². The van der Waals surface area contributed by atoms with Gasteiger partial charge in [-0.05, 0) is 43.9 Å². The summed E-state index contributed by atoms with van der Waals surface area (Å²) in [4.78, 5) is 36.0. The zero-order chi connectivity index (χ0) is 22.4. The number of hydrogen-bond acceptors (Lipinski definition) is 8. The molecule has 5 unspecified atom stereocenters. The summed E-state index contributed by atoms with van der Waals surface area (Å²) in [6.45, 7) is 7.99. The van der Waals surface area contributed by atoms with Crippen LogP contribution in [-0.2, 0) is 28.6 Å². The van der Waals surface area contributed by atoms with Gasteiger partial charge in [-0.15, -0.1) is 0 Å². The lowest BCUT2D eigenvalue weighted by molar-refractivity contribution is -0.157. The van der Waals surface area contributed by atoms with Crippen molar-refractivity contribution in [1.29, 1.82) is 0 Å². The van der Waals surface area contributed by atoms with Gasteiger partial charge in [0, 0.05) is 18.9 Å². The van der Waals surface area contributed by atoms with E-state index >= 15 is 0 Å². The minimum absolute atomic E-state index is 0.0598. The second-order valence-electron chi connectivity index (χ2n) is 7.79. The van der Waals surface area contributed by atoms with Crippen LogP contribution in [0.5, 0.6) is 0 Å². The minimum Gasteiger partial charge on any atom is -0.461 e. The number of carbonyl (C=O) groups excluding carboxylic acids is 3. The molecule has 2 N–H and O–H groups in total. The lowest BCUT2D eigenvalue weighted by atomic mass is 9.85. The van der Waals surface area contributed by atoms with Crippen molar-refractivity contribution in [2.45, 2.75) is 58.3 Å². The Morgan fingerprint density at radius 3 is 2.63 bits per heavy atom. The number of aliphatic hydroxyl groups is 2. The molecule has 2 aliphatic rings. The molecule has 1 fully saturated rings. The first-order chi connectivity index (χ1) is 14.1. The summed E-state index contributed by atoms with van der Waals surface area (Å²) in [6.07, 6.45) is 2.45. The Morgan fingerprint density at radius 2 is 2.03 bits per heavy atom. The fourth-order valence-corrected chi connectivity index (χ4v) is 3.44. The summed E-state index contributed by atoms with van der Waals surface area (Å²) in [5.41, 5.74) is 1.57. The summed E-state index contributed by atoms with van der Waals surface area (Å²) < 4.78 is 16.3. The Balaban J connectivity index is 2.38. The van der Waals surface area contributed by atoms with Gasteiger partial charge in [0.1, 0.15) is 18.8 Å². The van der Waals surface area contributed by atoms with Crippen LogP contribution in [0.25, 0.3) is 0 Å². The lowest BCUT2D eigenvalue weighted by Gasteiger charge is -2.28. The van der Waals surface area contributed by atoms with Gasteiger partial charge < -0.3 is 24.4 Å². The number of allylic oxidation sites excluding steroid dienone is 1. The van der Waals surface area contributed by atoms with E-state index in [9.17, 15) is 24.6 Å². The second-order valence-corrected chi connectivity index (χ2v) is 7.79. The molecule has 0 radical (unpaired) electrons. The smallest absolute Gasteiger partial charge is 0.334 e. The average Bonchev–Trinajstić information content (AvgIpc) is 2.96. The largest absolute Gasteiger partial charge is 0.461 e. The van der Waals surface area contributed by atoms with Crippen LogP contribution >= 0.6 is 0 Å². The number of aliphatic hydroxyl groups excluding tert-OH is 2. The highest BCUT2D eigenvalue weighted by Gasteiger charge is 2.45. The van der Waals surface area contributed by atoms with E-state index in [1.165, 1.54) is 13.8 Å². The normalized spacial score (nSPS) is 26.5. The Bertz CT molecular complexity index is 748. The van der Waals surface area contributed by atoms with Crippen molar-refractivity contribution in [1.82, 2.24) is 0 Å². The highest BCUT2D eigenvalue weighted by molar-refractivity contribution is 5.91. The van der Waals surface area contributed by atoms with Crippen LogP contribution in [0.4, 0.5) is 0 Å². The topological polar surface area (TPSA) is 119 Å². The molecule has 8 heteroatoms. The third-order valence-electron chi connectivity index (χ3n) is 5.45. The Labute approximate surface area is 176 Å². The molecular weight excluding hydrogens is 392 g/mol. The van der Waals surface area contributed by atoms with Crippen molar-refractivity contribution < 1.29 is 38.8 Å². The zero-order valence-corrected chi connectivity index (χ0v) is 17.6. The molecule has 0 amide bonds. The molecule has 2 rings (SSSR count). The molecule has 1 saturated heterocycles.